The zero-order valence-corrected chi connectivity index (χ0v) is 13.9. The molecule has 0 unspecified atom stereocenters. The van der Waals surface area contributed by atoms with E-state index in [2.05, 4.69) is 0 Å². The maximum Gasteiger partial charge on any atom is 0.217 e. The first-order valence-electron chi connectivity index (χ1n) is 7.78. The van der Waals surface area contributed by atoms with Crippen molar-refractivity contribution in [2.75, 3.05) is 26.3 Å². The molecule has 0 aromatic rings. The molecule has 0 radical (unpaired) electrons. The fraction of sp³-hybridized carbons (Fsp3) is 1.00. The van der Waals surface area contributed by atoms with E-state index in [0.717, 1.165) is 19.3 Å². The summed E-state index contributed by atoms with van der Waals surface area (Å²) >= 11 is 0. The molecular formula is C14H30N2O3S. The van der Waals surface area contributed by atoms with Crippen molar-refractivity contribution in [3.05, 3.63) is 0 Å². The monoisotopic (exact) mass is 306 g/mol. The topological polar surface area (TPSA) is 72.6 Å². The minimum atomic E-state index is -3.31. The highest BCUT2D eigenvalue weighted by atomic mass is 32.2. The van der Waals surface area contributed by atoms with Gasteiger partial charge in [0.15, 0.2) is 0 Å². The number of sulfonamides is 1. The SMILES string of the molecule is CCCN(C(CC)(CC)CN)S(=O)(=O)C1CCOCC1. The summed E-state index contributed by atoms with van der Waals surface area (Å²) in [7, 11) is -3.31. The molecule has 1 aliphatic heterocycles. The average molecular weight is 306 g/mol. The van der Waals surface area contributed by atoms with Crippen LogP contribution in [0, 0.1) is 0 Å². The third kappa shape index (κ3) is 3.53. The fourth-order valence-electron chi connectivity index (χ4n) is 2.98. The normalized spacial score (nSPS) is 18.6. The lowest BCUT2D eigenvalue weighted by Crippen LogP contribution is -2.58. The third-order valence-electron chi connectivity index (χ3n) is 4.55. The molecule has 1 fully saturated rings. The molecule has 0 atom stereocenters. The zero-order chi connectivity index (χ0) is 15.2. The molecule has 0 amide bonds. The van der Waals surface area contributed by atoms with E-state index >= 15 is 0 Å². The Kier molecular flexibility index (Phi) is 6.91. The van der Waals surface area contributed by atoms with Crippen LogP contribution in [0.3, 0.4) is 0 Å². The molecule has 0 aromatic carbocycles. The molecule has 20 heavy (non-hydrogen) atoms. The quantitative estimate of drug-likeness (QED) is 0.741. The summed E-state index contributed by atoms with van der Waals surface area (Å²) < 4.78 is 33.0. The summed E-state index contributed by atoms with van der Waals surface area (Å²) in [6, 6.07) is 0. The van der Waals surface area contributed by atoms with E-state index in [9.17, 15) is 8.42 Å². The molecule has 1 heterocycles. The van der Waals surface area contributed by atoms with Crippen LogP contribution in [0.4, 0.5) is 0 Å². The Hall–Kier alpha value is -0.170. The minimum Gasteiger partial charge on any atom is -0.381 e. The standard InChI is InChI=1S/C14H30N2O3S/c1-4-9-16(14(5-2,6-3)12-15)20(17,18)13-7-10-19-11-8-13/h13H,4-12,15H2,1-3H3. The van der Waals surface area contributed by atoms with Gasteiger partial charge in [0.2, 0.25) is 10.0 Å². The number of ether oxygens (including phenoxy) is 1. The fourth-order valence-corrected chi connectivity index (χ4v) is 5.44. The Balaban J connectivity index is 3.10. The van der Waals surface area contributed by atoms with Crippen LogP contribution < -0.4 is 5.73 Å². The Morgan fingerprint density at radius 1 is 1.20 bits per heavy atom. The number of hydrogen-bond acceptors (Lipinski definition) is 4. The van der Waals surface area contributed by atoms with Gasteiger partial charge >= 0.3 is 0 Å². The van der Waals surface area contributed by atoms with Crippen molar-refractivity contribution in [3.63, 3.8) is 0 Å². The van der Waals surface area contributed by atoms with Crippen LogP contribution in [0.2, 0.25) is 0 Å². The smallest absolute Gasteiger partial charge is 0.217 e. The largest absolute Gasteiger partial charge is 0.381 e. The van der Waals surface area contributed by atoms with Crippen molar-refractivity contribution in [1.82, 2.24) is 4.31 Å². The maximum atomic E-state index is 13.0. The summed E-state index contributed by atoms with van der Waals surface area (Å²) in [6.07, 6.45) is 3.50. The molecule has 0 bridgehead atoms. The van der Waals surface area contributed by atoms with Crippen molar-refractivity contribution in [2.24, 2.45) is 5.73 Å². The molecule has 2 N–H and O–H groups in total. The van der Waals surface area contributed by atoms with E-state index in [1.165, 1.54) is 0 Å². The molecule has 0 aliphatic carbocycles. The molecule has 120 valence electrons. The molecule has 0 aromatic heterocycles. The molecular weight excluding hydrogens is 276 g/mol. The van der Waals surface area contributed by atoms with E-state index in [4.69, 9.17) is 10.5 Å². The summed E-state index contributed by atoms with van der Waals surface area (Å²) in [6.45, 7) is 8.08. The Morgan fingerprint density at radius 3 is 2.15 bits per heavy atom. The first kappa shape index (κ1) is 17.9. The molecule has 1 saturated heterocycles. The first-order valence-corrected chi connectivity index (χ1v) is 9.28. The van der Waals surface area contributed by atoms with Gasteiger partial charge < -0.3 is 10.5 Å². The van der Waals surface area contributed by atoms with Crippen molar-refractivity contribution >= 4 is 10.0 Å². The van der Waals surface area contributed by atoms with E-state index < -0.39 is 15.6 Å². The van der Waals surface area contributed by atoms with Gasteiger partial charge in [-0.05, 0) is 32.1 Å². The van der Waals surface area contributed by atoms with Crippen LogP contribution in [-0.4, -0.2) is 49.8 Å². The van der Waals surface area contributed by atoms with Crippen molar-refractivity contribution in [3.8, 4) is 0 Å². The van der Waals surface area contributed by atoms with Gasteiger partial charge in [-0.25, -0.2) is 8.42 Å². The third-order valence-corrected chi connectivity index (χ3v) is 7.05. The summed E-state index contributed by atoms with van der Waals surface area (Å²) in [5.41, 5.74) is 5.52. The lowest BCUT2D eigenvalue weighted by atomic mass is 9.93. The molecule has 0 saturated carbocycles. The molecule has 0 spiro atoms. The highest BCUT2D eigenvalue weighted by Crippen LogP contribution is 2.31. The Labute approximate surface area is 123 Å². The highest BCUT2D eigenvalue weighted by Gasteiger charge is 2.43. The van der Waals surface area contributed by atoms with Gasteiger partial charge in [0.1, 0.15) is 0 Å². The number of hydrogen-bond donors (Lipinski definition) is 1. The average Bonchev–Trinajstić information content (AvgIpc) is 2.49. The van der Waals surface area contributed by atoms with Crippen molar-refractivity contribution < 1.29 is 13.2 Å². The van der Waals surface area contributed by atoms with Gasteiger partial charge in [0.25, 0.3) is 0 Å². The Morgan fingerprint density at radius 2 is 1.75 bits per heavy atom. The van der Waals surface area contributed by atoms with Crippen LogP contribution in [0.1, 0.15) is 52.9 Å². The van der Waals surface area contributed by atoms with E-state index in [0.29, 0.717) is 39.1 Å². The second-order valence-corrected chi connectivity index (χ2v) is 7.70. The molecule has 1 aliphatic rings. The molecule has 1 rings (SSSR count). The minimum absolute atomic E-state index is 0.313. The molecule has 6 heteroatoms. The van der Waals surface area contributed by atoms with Crippen molar-refractivity contribution in [2.45, 2.75) is 63.7 Å². The van der Waals surface area contributed by atoms with Gasteiger partial charge in [0.05, 0.1) is 5.25 Å². The van der Waals surface area contributed by atoms with E-state index in [-0.39, 0.29) is 5.25 Å². The summed E-state index contributed by atoms with van der Waals surface area (Å²) in [5.74, 6) is 0. The highest BCUT2D eigenvalue weighted by molar-refractivity contribution is 7.89. The van der Waals surface area contributed by atoms with Crippen LogP contribution in [0.15, 0.2) is 0 Å². The van der Waals surface area contributed by atoms with Gasteiger partial charge in [0, 0.05) is 31.8 Å². The first-order chi connectivity index (χ1) is 9.48. The lowest BCUT2D eigenvalue weighted by molar-refractivity contribution is 0.0945. The number of nitrogens with two attached hydrogens (primary N) is 1. The van der Waals surface area contributed by atoms with E-state index in [1.54, 1.807) is 4.31 Å². The van der Waals surface area contributed by atoms with Crippen molar-refractivity contribution in [1.29, 1.82) is 0 Å². The van der Waals surface area contributed by atoms with Crippen LogP contribution in [0.25, 0.3) is 0 Å². The Bertz CT molecular complexity index is 366. The summed E-state index contributed by atoms with van der Waals surface area (Å²) in [5, 5.41) is -0.313. The zero-order valence-electron chi connectivity index (χ0n) is 13.1. The molecule has 5 nitrogen and oxygen atoms in total. The van der Waals surface area contributed by atoms with Gasteiger partial charge in [-0.1, -0.05) is 20.8 Å². The number of rotatable bonds is 8. The maximum absolute atomic E-state index is 13.0. The second kappa shape index (κ2) is 7.73. The second-order valence-electron chi connectivity index (χ2n) is 5.56. The van der Waals surface area contributed by atoms with Crippen LogP contribution in [-0.2, 0) is 14.8 Å². The van der Waals surface area contributed by atoms with Gasteiger partial charge in [-0.3, -0.25) is 0 Å². The van der Waals surface area contributed by atoms with Crippen LogP contribution >= 0.6 is 0 Å². The predicted molar refractivity (Wildman–Crippen MR) is 82.1 cm³/mol. The van der Waals surface area contributed by atoms with E-state index in [1.807, 2.05) is 20.8 Å². The predicted octanol–water partition coefficient (Wildman–Crippen LogP) is 1.72. The summed E-state index contributed by atoms with van der Waals surface area (Å²) in [4.78, 5) is 0. The number of nitrogens with zero attached hydrogens (tertiary/aromatic N) is 1. The van der Waals surface area contributed by atoms with Gasteiger partial charge in [-0.2, -0.15) is 4.31 Å². The van der Waals surface area contributed by atoms with Gasteiger partial charge in [-0.15, -0.1) is 0 Å². The van der Waals surface area contributed by atoms with Crippen LogP contribution in [0.5, 0.6) is 0 Å². The lowest BCUT2D eigenvalue weighted by Gasteiger charge is -2.43.